The van der Waals surface area contributed by atoms with Gasteiger partial charge in [-0.15, -0.1) is 11.6 Å². The average Bonchev–Trinajstić information content (AvgIpc) is 2.70. The highest BCUT2D eigenvalue weighted by molar-refractivity contribution is 6.27. The van der Waals surface area contributed by atoms with E-state index in [0.717, 1.165) is 17.7 Å². The molecule has 1 fully saturated rings. The predicted molar refractivity (Wildman–Crippen MR) is 72.0 cm³/mol. The molecular weight excluding hydrogens is 264 g/mol. The van der Waals surface area contributed by atoms with Crippen LogP contribution in [0, 0.1) is 5.92 Å². The van der Waals surface area contributed by atoms with Crippen LogP contribution >= 0.6 is 11.6 Å². The molecular formula is C14H15ClN2O2. The van der Waals surface area contributed by atoms with E-state index in [1.807, 2.05) is 29.2 Å². The molecule has 0 radical (unpaired) electrons. The van der Waals surface area contributed by atoms with Crippen molar-refractivity contribution in [3.8, 4) is 0 Å². The maximum absolute atomic E-state index is 12.2. The van der Waals surface area contributed by atoms with Crippen molar-refractivity contribution >= 4 is 23.4 Å². The third-order valence-electron chi connectivity index (χ3n) is 3.80. The summed E-state index contributed by atoms with van der Waals surface area (Å²) in [6.45, 7) is 2.84. The van der Waals surface area contributed by atoms with E-state index < -0.39 is 0 Å². The number of hydrogen-bond acceptors (Lipinski definition) is 2. The van der Waals surface area contributed by atoms with Crippen LogP contribution in [0.2, 0.25) is 0 Å². The molecule has 0 N–H and O–H groups in total. The zero-order chi connectivity index (χ0) is 13.4. The van der Waals surface area contributed by atoms with Crippen molar-refractivity contribution in [1.29, 1.82) is 0 Å². The Kier molecular flexibility index (Phi) is 3.19. The number of rotatable bonds is 3. The van der Waals surface area contributed by atoms with Crippen LogP contribution in [-0.2, 0) is 11.3 Å². The van der Waals surface area contributed by atoms with E-state index in [1.165, 1.54) is 0 Å². The van der Waals surface area contributed by atoms with E-state index in [-0.39, 0.29) is 17.7 Å². The van der Waals surface area contributed by atoms with Crippen molar-refractivity contribution < 1.29 is 9.59 Å². The van der Waals surface area contributed by atoms with Crippen LogP contribution in [0.5, 0.6) is 0 Å². The summed E-state index contributed by atoms with van der Waals surface area (Å²) in [5.74, 6) is 0.512. The van der Waals surface area contributed by atoms with Gasteiger partial charge < -0.3 is 9.80 Å². The quantitative estimate of drug-likeness (QED) is 0.783. The number of amides is 2. The highest BCUT2D eigenvalue weighted by Gasteiger charge is 2.35. The fourth-order valence-electron chi connectivity index (χ4n) is 2.75. The maximum Gasteiger partial charge on any atom is 0.254 e. The molecule has 19 heavy (non-hydrogen) atoms. The number of carbonyl (C=O) groups excluding carboxylic acids is 2. The van der Waals surface area contributed by atoms with E-state index >= 15 is 0 Å². The SMILES string of the molecule is O=C(CCl)N1CC(CN2Cc3ccccc3C2=O)C1. The zero-order valence-corrected chi connectivity index (χ0v) is 11.3. The largest absolute Gasteiger partial charge is 0.341 e. The van der Waals surface area contributed by atoms with Gasteiger partial charge in [-0.1, -0.05) is 18.2 Å². The summed E-state index contributed by atoms with van der Waals surface area (Å²) in [7, 11) is 0. The first kappa shape index (κ1) is 12.5. The van der Waals surface area contributed by atoms with Gasteiger partial charge in [0.05, 0.1) is 0 Å². The predicted octanol–water partition coefficient (Wildman–Crippen LogP) is 1.34. The van der Waals surface area contributed by atoms with Gasteiger partial charge in [0, 0.05) is 37.7 Å². The lowest BCUT2D eigenvalue weighted by Gasteiger charge is -2.40. The summed E-state index contributed by atoms with van der Waals surface area (Å²) in [5, 5.41) is 0. The van der Waals surface area contributed by atoms with E-state index in [2.05, 4.69) is 0 Å². The first-order valence-electron chi connectivity index (χ1n) is 6.40. The molecule has 5 heteroatoms. The van der Waals surface area contributed by atoms with Gasteiger partial charge in [0.25, 0.3) is 5.91 Å². The number of nitrogens with zero attached hydrogens (tertiary/aromatic N) is 2. The van der Waals surface area contributed by atoms with Crippen molar-refractivity contribution in [2.45, 2.75) is 6.54 Å². The Morgan fingerprint density at radius 2 is 2.05 bits per heavy atom. The van der Waals surface area contributed by atoms with Crippen LogP contribution in [0.15, 0.2) is 24.3 Å². The van der Waals surface area contributed by atoms with Crippen LogP contribution in [0.1, 0.15) is 15.9 Å². The molecule has 0 spiro atoms. The molecule has 0 aliphatic carbocycles. The van der Waals surface area contributed by atoms with Gasteiger partial charge in [-0.2, -0.15) is 0 Å². The van der Waals surface area contributed by atoms with Gasteiger partial charge in [0.1, 0.15) is 5.88 Å². The lowest BCUT2D eigenvalue weighted by atomic mass is 9.99. The number of benzene rings is 1. The molecule has 0 atom stereocenters. The van der Waals surface area contributed by atoms with Crippen molar-refractivity contribution in [3.63, 3.8) is 0 Å². The number of fused-ring (bicyclic) bond motifs is 1. The summed E-state index contributed by atoms with van der Waals surface area (Å²) in [4.78, 5) is 27.1. The minimum Gasteiger partial charge on any atom is -0.341 e. The maximum atomic E-state index is 12.2. The van der Waals surface area contributed by atoms with Crippen molar-refractivity contribution in [2.75, 3.05) is 25.5 Å². The third-order valence-corrected chi connectivity index (χ3v) is 4.03. The number of likely N-dealkylation sites (tertiary alicyclic amines) is 1. The molecule has 2 aliphatic heterocycles. The number of hydrogen-bond donors (Lipinski definition) is 0. The Labute approximate surface area is 116 Å². The molecule has 4 nitrogen and oxygen atoms in total. The summed E-state index contributed by atoms with van der Waals surface area (Å²) < 4.78 is 0. The first-order valence-corrected chi connectivity index (χ1v) is 6.93. The Bertz CT molecular complexity index is 526. The average molecular weight is 279 g/mol. The minimum atomic E-state index is -0.0195. The molecule has 1 aromatic rings. The molecule has 100 valence electrons. The molecule has 1 saturated heterocycles. The van der Waals surface area contributed by atoms with Gasteiger partial charge >= 0.3 is 0 Å². The standard InChI is InChI=1S/C14H15ClN2O2/c15-5-13(18)16-6-10(7-16)8-17-9-11-3-1-2-4-12(11)14(17)19/h1-4,10H,5-9H2. The highest BCUT2D eigenvalue weighted by atomic mass is 35.5. The Balaban J connectivity index is 1.57. The van der Waals surface area contributed by atoms with E-state index in [0.29, 0.717) is 25.6 Å². The summed E-state index contributed by atoms with van der Waals surface area (Å²) in [6.07, 6.45) is 0. The summed E-state index contributed by atoms with van der Waals surface area (Å²) >= 11 is 5.51. The normalized spacial score (nSPS) is 18.5. The number of halogens is 1. The molecule has 2 aliphatic rings. The minimum absolute atomic E-state index is 0.0195. The Morgan fingerprint density at radius 1 is 1.32 bits per heavy atom. The molecule has 0 saturated carbocycles. The fourth-order valence-corrected chi connectivity index (χ4v) is 2.92. The smallest absolute Gasteiger partial charge is 0.254 e. The van der Waals surface area contributed by atoms with Crippen LogP contribution in [0.3, 0.4) is 0 Å². The van der Waals surface area contributed by atoms with Crippen LogP contribution in [0.25, 0.3) is 0 Å². The number of alkyl halides is 1. The highest BCUT2D eigenvalue weighted by Crippen LogP contribution is 2.25. The van der Waals surface area contributed by atoms with Gasteiger partial charge in [-0.05, 0) is 11.6 Å². The molecule has 2 heterocycles. The van der Waals surface area contributed by atoms with Gasteiger partial charge in [0.2, 0.25) is 5.91 Å². The molecule has 0 bridgehead atoms. The van der Waals surface area contributed by atoms with Crippen LogP contribution in [-0.4, -0.2) is 47.1 Å². The second-order valence-corrected chi connectivity index (χ2v) is 5.41. The van der Waals surface area contributed by atoms with E-state index in [9.17, 15) is 9.59 Å². The van der Waals surface area contributed by atoms with Gasteiger partial charge in [0.15, 0.2) is 0 Å². The monoisotopic (exact) mass is 278 g/mol. The lowest BCUT2D eigenvalue weighted by molar-refractivity contribution is -0.134. The van der Waals surface area contributed by atoms with Crippen molar-refractivity contribution in [3.05, 3.63) is 35.4 Å². The van der Waals surface area contributed by atoms with E-state index in [1.54, 1.807) is 4.90 Å². The van der Waals surface area contributed by atoms with Gasteiger partial charge in [-0.25, -0.2) is 0 Å². The number of carbonyl (C=O) groups is 2. The van der Waals surface area contributed by atoms with Crippen LogP contribution in [0.4, 0.5) is 0 Å². The van der Waals surface area contributed by atoms with Crippen LogP contribution < -0.4 is 0 Å². The summed E-state index contributed by atoms with van der Waals surface area (Å²) in [6, 6.07) is 7.73. The topological polar surface area (TPSA) is 40.6 Å². The lowest BCUT2D eigenvalue weighted by Crippen LogP contribution is -2.54. The molecule has 3 rings (SSSR count). The first-order chi connectivity index (χ1) is 9.19. The van der Waals surface area contributed by atoms with Gasteiger partial charge in [-0.3, -0.25) is 9.59 Å². The second-order valence-electron chi connectivity index (χ2n) is 5.14. The van der Waals surface area contributed by atoms with Crippen molar-refractivity contribution in [2.24, 2.45) is 5.92 Å². The molecule has 2 amide bonds. The van der Waals surface area contributed by atoms with E-state index in [4.69, 9.17) is 11.6 Å². The summed E-state index contributed by atoms with van der Waals surface area (Å²) in [5.41, 5.74) is 1.91. The second kappa shape index (κ2) is 4.85. The molecule has 0 aromatic heterocycles. The Morgan fingerprint density at radius 3 is 2.74 bits per heavy atom. The third kappa shape index (κ3) is 2.21. The molecule has 1 aromatic carbocycles. The zero-order valence-electron chi connectivity index (χ0n) is 10.5. The Hall–Kier alpha value is -1.55. The van der Waals surface area contributed by atoms with Crippen molar-refractivity contribution in [1.82, 2.24) is 9.80 Å². The molecule has 0 unspecified atom stereocenters. The fraction of sp³-hybridized carbons (Fsp3) is 0.429.